The van der Waals surface area contributed by atoms with Crippen LogP contribution in [-0.4, -0.2) is 59.3 Å². The molecule has 0 radical (unpaired) electrons. The molecule has 1 fully saturated rings. The molecule has 7 nitrogen and oxygen atoms in total. The number of anilines is 1. The minimum atomic E-state index is -0.343. The van der Waals surface area contributed by atoms with Gasteiger partial charge in [-0.3, -0.25) is 4.90 Å². The maximum Gasteiger partial charge on any atom is 0.350 e. The van der Waals surface area contributed by atoms with Crippen LogP contribution in [0.3, 0.4) is 0 Å². The molecule has 9 heteroatoms. The number of ether oxygens (including phenoxy) is 1. The molecule has 1 saturated heterocycles. The third-order valence-corrected chi connectivity index (χ3v) is 6.45. The summed E-state index contributed by atoms with van der Waals surface area (Å²) >= 11 is 7.01. The molecule has 0 amide bonds. The lowest BCUT2D eigenvalue weighted by atomic mass is 10.2. The molecule has 3 heterocycles. The number of carbonyl (C=O) groups excluding carboxylic acids is 1. The second-order valence-corrected chi connectivity index (χ2v) is 8.23. The van der Waals surface area contributed by atoms with Crippen LogP contribution in [0, 0.1) is 20.8 Å². The lowest BCUT2D eigenvalue weighted by molar-refractivity contribution is 0.0607. The molecule has 152 valence electrons. The third kappa shape index (κ3) is 4.53. The van der Waals surface area contributed by atoms with Crippen molar-refractivity contribution in [3.8, 4) is 0 Å². The lowest BCUT2D eigenvalue weighted by Gasteiger charge is -2.25. The van der Waals surface area contributed by atoms with Gasteiger partial charge in [0.1, 0.15) is 10.6 Å². The van der Waals surface area contributed by atoms with Crippen molar-refractivity contribution in [3.05, 3.63) is 32.8 Å². The number of nitrogens with zero attached hydrogens (tertiary/aromatic N) is 3. The third-order valence-electron chi connectivity index (χ3n) is 5.02. The zero-order valence-corrected chi connectivity index (χ0v) is 18.3. The fraction of sp³-hybridized carbons (Fsp3) is 0.526. The van der Waals surface area contributed by atoms with Crippen LogP contribution in [0.15, 0.2) is 9.90 Å². The van der Waals surface area contributed by atoms with Crippen LogP contribution in [0.5, 0.6) is 0 Å². The van der Waals surface area contributed by atoms with Gasteiger partial charge in [0.2, 0.25) is 0 Å². The van der Waals surface area contributed by atoms with Crippen molar-refractivity contribution in [1.82, 2.24) is 15.0 Å². The summed E-state index contributed by atoms with van der Waals surface area (Å²) in [6.07, 6.45) is 1.01. The van der Waals surface area contributed by atoms with Crippen molar-refractivity contribution in [3.63, 3.8) is 0 Å². The monoisotopic (exact) mass is 422 g/mol. The van der Waals surface area contributed by atoms with Crippen LogP contribution in [0.4, 0.5) is 5.69 Å². The molecule has 0 atom stereocenters. The molecule has 0 aliphatic carbocycles. The van der Waals surface area contributed by atoms with Crippen molar-refractivity contribution in [1.29, 1.82) is 0 Å². The first-order valence-electron chi connectivity index (χ1n) is 9.27. The van der Waals surface area contributed by atoms with Crippen molar-refractivity contribution in [2.24, 2.45) is 0 Å². The number of rotatable bonds is 4. The minimum absolute atomic E-state index is 0.343. The number of thiocarbonyl (C=S) groups is 1. The summed E-state index contributed by atoms with van der Waals surface area (Å²) < 4.78 is 10.2. The van der Waals surface area contributed by atoms with Crippen molar-refractivity contribution in [2.45, 2.75) is 33.7 Å². The molecule has 0 bridgehead atoms. The number of aryl methyl sites for hydroxylation is 3. The minimum Gasteiger partial charge on any atom is -0.465 e. The van der Waals surface area contributed by atoms with Crippen LogP contribution in [-0.2, 0) is 11.3 Å². The summed E-state index contributed by atoms with van der Waals surface area (Å²) in [5.41, 5.74) is 3.87. The normalized spacial score (nSPS) is 15.4. The Labute approximate surface area is 174 Å². The number of aromatic nitrogens is 1. The Bertz CT molecular complexity index is 842. The standard InChI is InChI=1S/C19H26N4O3S2/c1-12-11-28-17(18(24)25-4)16(12)20-19(27)23-7-5-6-22(8-9-23)10-15-13(2)21-26-14(15)3/h11H,5-10H2,1-4H3,(H,20,27). The predicted octanol–water partition coefficient (Wildman–Crippen LogP) is 3.35. The Morgan fingerprint density at radius 2 is 2.11 bits per heavy atom. The number of esters is 1. The van der Waals surface area contributed by atoms with Gasteiger partial charge in [0, 0.05) is 38.3 Å². The van der Waals surface area contributed by atoms with Crippen molar-refractivity contribution in [2.75, 3.05) is 38.6 Å². The van der Waals surface area contributed by atoms with Gasteiger partial charge in [-0.05, 0) is 50.4 Å². The molecule has 1 aliphatic heterocycles. The zero-order chi connectivity index (χ0) is 20.3. The first-order chi connectivity index (χ1) is 13.4. The van der Waals surface area contributed by atoms with Crippen LogP contribution in [0.1, 0.15) is 38.7 Å². The van der Waals surface area contributed by atoms with E-state index in [9.17, 15) is 4.79 Å². The summed E-state index contributed by atoms with van der Waals surface area (Å²) in [7, 11) is 1.39. The quantitative estimate of drug-likeness (QED) is 0.594. The van der Waals surface area contributed by atoms with E-state index in [4.69, 9.17) is 21.5 Å². The maximum atomic E-state index is 12.0. The van der Waals surface area contributed by atoms with Gasteiger partial charge < -0.3 is 19.5 Å². The van der Waals surface area contributed by atoms with Gasteiger partial charge >= 0.3 is 5.97 Å². The second-order valence-electron chi connectivity index (χ2n) is 6.96. The summed E-state index contributed by atoms with van der Waals surface area (Å²) in [4.78, 5) is 17.1. The summed E-state index contributed by atoms with van der Waals surface area (Å²) in [5.74, 6) is 0.545. The highest BCUT2D eigenvalue weighted by atomic mass is 32.1. The molecule has 2 aromatic rings. The zero-order valence-electron chi connectivity index (χ0n) is 16.7. The van der Waals surface area contributed by atoms with E-state index in [-0.39, 0.29) is 5.97 Å². The van der Waals surface area contributed by atoms with E-state index >= 15 is 0 Å². The molecule has 0 aromatic carbocycles. The molecule has 0 unspecified atom stereocenters. The molecule has 1 N–H and O–H groups in total. The van der Waals surface area contributed by atoms with Gasteiger partial charge in [-0.2, -0.15) is 0 Å². The first-order valence-corrected chi connectivity index (χ1v) is 10.6. The highest BCUT2D eigenvalue weighted by molar-refractivity contribution is 7.80. The number of hydrogen-bond donors (Lipinski definition) is 1. The molecule has 2 aromatic heterocycles. The van der Waals surface area contributed by atoms with Crippen LogP contribution >= 0.6 is 23.6 Å². The number of thiophene rings is 1. The number of carbonyl (C=O) groups is 1. The van der Waals surface area contributed by atoms with Crippen molar-refractivity contribution >= 4 is 40.3 Å². The molecule has 0 spiro atoms. The molecule has 28 heavy (non-hydrogen) atoms. The molecular weight excluding hydrogens is 396 g/mol. The average Bonchev–Trinajstić information content (AvgIpc) is 3.08. The van der Waals surface area contributed by atoms with E-state index in [1.165, 1.54) is 24.0 Å². The highest BCUT2D eigenvalue weighted by Crippen LogP contribution is 2.28. The van der Waals surface area contributed by atoms with Gasteiger partial charge in [0.15, 0.2) is 5.11 Å². The fourth-order valence-electron chi connectivity index (χ4n) is 3.31. The van der Waals surface area contributed by atoms with Gasteiger partial charge in [0.05, 0.1) is 18.5 Å². The van der Waals surface area contributed by atoms with E-state index < -0.39 is 0 Å². The number of methoxy groups -OCH3 is 1. The van der Waals surface area contributed by atoms with Crippen LogP contribution < -0.4 is 5.32 Å². The van der Waals surface area contributed by atoms with Crippen molar-refractivity contribution < 1.29 is 14.1 Å². The summed E-state index contributed by atoms with van der Waals surface area (Å²) in [6, 6.07) is 0. The largest absolute Gasteiger partial charge is 0.465 e. The van der Waals surface area contributed by atoms with Gasteiger partial charge in [-0.1, -0.05) is 5.16 Å². The first kappa shape index (κ1) is 20.8. The smallest absolute Gasteiger partial charge is 0.350 e. The maximum absolute atomic E-state index is 12.0. The Hall–Kier alpha value is -1.97. The lowest BCUT2D eigenvalue weighted by Crippen LogP contribution is -2.38. The predicted molar refractivity (Wildman–Crippen MR) is 114 cm³/mol. The van der Waals surface area contributed by atoms with E-state index in [0.717, 1.165) is 61.8 Å². The van der Waals surface area contributed by atoms with E-state index in [0.29, 0.717) is 9.99 Å². The van der Waals surface area contributed by atoms with E-state index in [1.54, 1.807) is 0 Å². The summed E-state index contributed by atoms with van der Waals surface area (Å²) in [6.45, 7) is 10.3. The Morgan fingerprint density at radius 3 is 2.79 bits per heavy atom. The van der Waals surface area contributed by atoms with E-state index in [2.05, 4.69) is 20.3 Å². The van der Waals surface area contributed by atoms with Gasteiger partial charge in [0.25, 0.3) is 0 Å². The van der Waals surface area contributed by atoms with Crippen LogP contribution in [0.2, 0.25) is 0 Å². The topological polar surface area (TPSA) is 70.8 Å². The fourth-order valence-corrected chi connectivity index (χ4v) is 4.52. The highest BCUT2D eigenvalue weighted by Gasteiger charge is 2.22. The number of hydrogen-bond acceptors (Lipinski definition) is 7. The second kappa shape index (κ2) is 9.02. The summed E-state index contributed by atoms with van der Waals surface area (Å²) in [5, 5.41) is 9.90. The Morgan fingerprint density at radius 1 is 1.32 bits per heavy atom. The van der Waals surface area contributed by atoms with Gasteiger partial charge in [-0.25, -0.2) is 4.79 Å². The average molecular weight is 423 g/mol. The molecule has 1 aliphatic rings. The Balaban J connectivity index is 1.62. The Kier molecular flexibility index (Phi) is 6.69. The molecular formula is C19H26N4O3S2. The van der Waals surface area contributed by atoms with Gasteiger partial charge in [-0.15, -0.1) is 11.3 Å². The molecule has 3 rings (SSSR count). The SMILES string of the molecule is COC(=O)c1scc(C)c1NC(=S)N1CCCN(Cc2c(C)noc2C)CC1. The number of nitrogens with one attached hydrogen (secondary N) is 1. The van der Waals surface area contributed by atoms with Crippen LogP contribution in [0.25, 0.3) is 0 Å². The van der Waals surface area contributed by atoms with E-state index in [1.807, 2.05) is 26.2 Å². The molecule has 0 saturated carbocycles.